The van der Waals surface area contributed by atoms with Crippen LogP contribution in [0.4, 0.5) is 13.2 Å². The number of hydrogen-bond acceptors (Lipinski definition) is 2. The summed E-state index contributed by atoms with van der Waals surface area (Å²) >= 11 is 2.15. The van der Waals surface area contributed by atoms with Gasteiger partial charge in [-0.3, -0.25) is 0 Å². The number of halogens is 4. The van der Waals surface area contributed by atoms with E-state index in [0.29, 0.717) is 16.4 Å². The minimum Gasteiger partial charge on any atom is -0.441 e. The first-order chi connectivity index (χ1) is 8.95. The van der Waals surface area contributed by atoms with Gasteiger partial charge in [-0.2, -0.15) is 13.2 Å². The van der Waals surface area contributed by atoms with Gasteiger partial charge < -0.3 is 4.42 Å². The molecule has 0 saturated heterocycles. The second kappa shape index (κ2) is 5.52. The molecule has 0 unspecified atom stereocenters. The SMILES string of the molecule is CCc1oc(-c2cccc(C(F)(F)F)c2)nc1CI. The van der Waals surface area contributed by atoms with E-state index < -0.39 is 11.7 Å². The Morgan fingerprint density at radius 1 is 1.32 bits per heavy atom. The predicted octanol–water partition coefficient (Wildman–Crippen LogP) is 4.86. The normalized spacial score (nSPS) is 11.8. The van der Waals surface area contributed by atoms with E-state index in [2.05, 4.69) is 27.6 Å². The molecular formula is C13H11F3INO. The third kappa shape index (κ3) is 3.10. The Bertz CT molecular complexity index is 556. The highest BCUT2D eigenvalue weighted by molar-refractivity contribution is 14.1. The summed E-state index contributed by atoms with van der Waals surface area (Å²) in [5, 5.41) is 0. The molecular weight excluding hydrogens is 370 g/mol. The molecule has 0 radical (unpaired) electrons. The lowest BCUT2D eigenvalue weighted by atomic mass is 10.1. The second-order valence-electron chi connectivity index (χ2n) is 3.95. The Balaban J connectivity index is 2.44. The average molecular weight is 381 g/mol. The maximum atomic E-state index is 12.6. The molecule has 0 spiro atoms. The summed E-state index contributed by atoms with van der Waals surface area (Å²) in [7, 11) is 0. The zero-order valence-electron chi connectivity index (χ0n) is 10.1. The highest BCUT2D eigenvalue weighted by atomic mass is 127. The Labute approximate surface area is 122 Å². The minimum absolute atomic E-state index is 0.245. The van der Waals surface area contributed by atoms with Crippen LogP contribution in [0.1, 0.15) is 23.9 Å². The van der Waals surface area contributed by atoms with E-state index in [1.807, 2.05) is 6.92 Å². The third-order valence-electron chi connectivity index (χ3n) is 2.66. The van der Waals surface area contributed by atoms with E-state index in [9.17, 15) is 13.2 Å². The summed E-state index contributed by atoms with van der Waals surface area (Å²) in [6, 6.07) is 5.02. The number of aryl methyl sites for hydroxylation is 1. The summed E-state index contributed by atoms with van der Waals surface area (Å²) in [4.78, 5) is 4.25. The summed E-state index contributed by atoms with van der Waals surface area (Å²) in [5.41, 5.74) is 0.438. The van der Waals surface area contributed by atoms with Gasteiger partial charge in [-0.25, -0.2) is 4.98 Å². The van der Waals surface area contributed by atoms with Gasteiger partial charge in [0.25, 0.3) is 0 Å². The van der Waals surface area contributed by atoms with E-state index >= 15 is 0 Å². The summed E-state index contributed by atoms with van der Waals surface area (Å²) in [5.74, 6) is 0.969. The van der Waals surface area contributed by atoms with Gasteiger partial charge in [0, 0.05) is 16.4 Å². The molecule has 1 aromatic carbocycles. The molecule has 0 fully saturated rings. The maximum Gasteiger partial charge on any atom is 0.416 e. The van der Waals surface area contributed by atoms with Crippen LogP contribution in [0.2, 0.25) is 0 Å². The first-order valence-electron chi connectivity index (χ1n) is 5.68. The summed E-state index contributed by atoms with van der Waals surface area (Å²) < 4.78 is 44.1. The molecule has 2 aromatic rings. The lowest BCUT2D eigenvalue weighted by Gasteiger charge is -2.06. The van der Waals surface area contributed by atoms with Gasteiger partial charge >= 0.3 is 6.18 Å². The van der Waals surface area contributed by atoms with Gasteiger partial charge in [0.2, 0.25) is 5.89 Å². The quantitative estimate of drug-likeness (QED) is 0.561. The van der Waals surface area contributed by atoms with Crippen molar-refractivity contribution < 1.29 is 17.6 Å². The van der Waals surface area contributed by atoms with E-state index in [1.165, 1.54) is 6.07 Å². The zero-order chi connectivity index (χ0) is 14.0. The van der Waals surface area contributed by atoms with Gasteiger partial charge in [0.15, 0.2) is 0 Å². The first-order valence-corrected chi connectivity index (χ1v) is 7.20. The Hall–Kier alpha value is -1.05. The fraction of sp³-hybridized carbons (Fsp3) is 0.308. The molecule has 2 nitrogen and oxygen atoms in total. The highest BCUT2D eigenvalue weighted by Gasteiger charge is 2.30. The van der Waals surface area contributed by atoms with Crippen molar-refractivity contribution in [1.29, 1.82) is 0 Å². The van der Waals surface area contributed by atoms with Crippen molar-refractivity contribution >= 4 is 22.6 Å². The van der Waals surface area contributed by atoms with E-state index in [1.54, 1.807) is 6.07 Å². The van der Waals surface area contributed by atoms with Crippen LogP contribution in [0.25, 0.3) is 11.5 Å². The number of benzene rings is 1. The number of nitrogens with zero attached hydrogens (tertiary/aromatic N) is 1. The van der Waals surface area contributed by atoms with Crippen molar-refractivity contribution in [2.45, 2.75) is 23.9 Å². The van der Waals surface area contributed by atoms with Crippen molar-refractivity contribution in [1.82, 2.24) is 4.98 Å². The van der Waals surface area contributed by atoms with Crippen LogP contribution in [0.5, 0.6) is 0 Å². The number of rotatable bonds is 3. The van der Waals surface area contributed by atoms with Gasteiger partial charge in [0.1, 0.15) is 5.76 Å². The smallest absolute Gasteiger partial charge is 0.416 e. The fourth-order valence-corrected chi connectivity index (χ4v) is 2.31. The Morgan fingerprint density at radius 3 is 2.58 bits per heavy atom. The van der Waals surface area contributed by atoms with E-state index in [-0.39, 0.29) is 5.89 Å². The molecule has 1 heterocycles. The van der Waals surface area contributed by atoms with Crippen LogP contribution in [0.3, 0.4) is 0 Å². The number of hydrogen-bond donors (Lipinski definition) is 0. The van der Waals surface area contributed by atoms with Crippen LogP contribution in [-0.2, 0) is 17.0 Å². The van der Waals surface area contributed by atoms with Crippen LogP contribution < -0.4 is 0 Å². The van der Waals surface area contributed by atoms with E-state index in [4.69, 9.17) is 4.42 Å². The zero-order valence-corrected chi connectivity index (χ0v) is 12.2. The molecule has 0 atom stereocenters. The molecule has 0 aliphatic carbocycles. The van der Waals surface area contributed by atoms with Crippen LogP contribution in [0.15, 0.2) is 28.7 Å². The van der Waals surface area contributed by atoms with Crippen LogP contribution >= 0.6 is 22.6 Å². The highest BCUT2D eigenvalue weighted by Crippen LogP contribution is 2.32. The molecule has 0 N–H and O–H groups in total. The molecule has 19 heavy (non-hydrogen) atoms. The number of oxazole rings is 1. The molecule has 0 aliphatic heterocycles. The minimum atomic E-state index is -4.36. The topological polar surface area (TPSA) is 26.0 Å². The summed E-state index contributed by atoms with van der Waals surface area (Å²) in [6.45, 7) is 1.92. The van der Waals surface area contributed by atoms with Gasteiger partial charge in [-0.1, -0.05) is 35.6 Å². The number of aromatic nitrogens is 1. The van der Waals surface area contributed by atoms with Gasteiger partial charge in [0.05, 0.1) is 11.3 Å². The Kier molecular flexibility index (Phi) is 4.17. The van der Waals surface area contributed by atoms with Crippen LogP contribution in [0, 0.1) is 0 Å². The maximum absolute atomic E-state index is 12.6. The van der Waals surface area contributed by atoms with Crippen molar-refractivity contribution in [3.05, 3.63) is 41.3 Å². The fourth-order valence-electron chi connectivity index (χ4n) is 1.72. The first kappa shape index (κ1) is 14.4. The number of alkyl halides is 4. The average Bonchev–Trinajstić information content (AvgIpc) is 2.81. The molecule has 102 valence electrons. The summed E-state index contributed by atoms with van der Waals surface area (Å²) in [6.07, 6.45) is -3.69. The molecule has 6 heteroatoms. The molecule has 0 aliphatic rings. The standard InChI is InChI=1S/C13H11F3INO/c1-2-11-10(7-17)18-12(19-11)8-4-3-5-9(6-8)13(14,15)16/h3-6H,2,7H2,1H3. The molecule has 0 saturated carbocycles. The van der Waals surface area contributed by atoms with Gasteiger partial charge in [-0.15, -0.1) is 0 Å². The second-order valence-corrected chi connectivity index (χ2v) is 4.72. The van der Waals surface area contributed by atoms with Crippen molar-refractivity contribution in [2.24, 2.45) is 0 Å². The lowest BCUT2D eigenvalue weighted by Crippen LogP contribution is -2.04. The molecule has 1 aromatic heterocycles. The van der Waals surface area contributed by atoms with Gasteiger partial charge in [-0.05, 0) is 18.2 Å². The predicted molar refractivity (Wildman–Crippen MR) is 74.0 cm³/mol. The van der Waals surface area contributed by atoms with Crippen molar-refractivity contribution in [2.75, 3.05) is 0 Å². The third-order valence-corrected chi connectivity index (χ3v) is 3.39. The monoisotopic (exact) mass is 381 g/mol. The lowest BCUT2D eigenvalue weighted by molar-refractivity contribution is -0.137. The van der Waals surface area contributed by atoms with Crippen molar-refractivity contribution in [3.8, 4) is 11.5 Å². The molecule has 2 rings (SSSR count). The largest absolute Gasteiger partial charge is 0.441 e. The molecule has 0 bridgehead atoms. The van der Waals surface area contributed by atoms with E-state index in [0.717, 1.165) is 23.6 Å². The van der Waals surface area contributed by atoms with Crippen LogP contribution in [-0.4, -0.2) is 4.98 Å². The Morgan fingerprint density at radius 2 is 2.05 bits per heavy atom. The molecule has 0 amide bonds. The van der Waals surface area contributed by atoms with Crippen molar-refractivity contribution in [3.63, 3.8) is 0 Å².